The maximum Gasteiger partial charge on any atom is 0.307 e. The molecule has 0 spiro atoms. The summed E-state index contributed by atoms with van der Waals surface area (Å²) in [6.45, 7) is 0.545. The van der Waals surface area contributed by atoms with Gasteiger partial charge in [-0.05, 0) is 41.7 Å². The number of carboxylic acids is 1. The van der Waals surface area contributed by atoms with E-state index in [1.807, 2.05) is 47.4 Å². The number of carbonyl (C=O) groups excluding carboxylic acids is 1. The Bertz CT molecular complexity index is 911. The summed E-state index contributed by atoms with van der Waals surface area (Å²) in [6, 6.07) is 13.5. The summed E-state index contributed by atoms with van der Waals surface area (Å²) in [7, 11) is 3.20. The van der Waals surface area contributed by atoms with Crippen molar-refractivity contribution in [2.24, 2.45) is 11.8 Å². The minimum absolute atomic E-state index is 0.0818. The highest BCUT2D eigenvalue weighted by atomic mass is 16.5. The van der Waals surface area contributed by atoms with Crippen LogP contribution in [0.3, 0.4) is 0 Å². The standard InChI is InChI=1S/C22H23NO5/c1-27-18-10-14-8-9-23(21(24)16-11-17(16)22(25)26)20(13-6-4-3-5-7-13)15(14)12-19(18)28-2/h3-7,10,12,16-17,20H,8-9,11H2,1-2H3,(H,25,26). The molecule has 1 fully saturated rings. The number of carboxylic acid groups (broad SMARTS) is 1. The van der Waals surface area contributed by atoms with E-state index in [4.69, 9.17) is 9.47 Å². The van der Waals surface area contributed by atoms with Crippen LogP contribution in [0.2, 0.25) is 0 Å². The van der Waals surface area contributed by atoms with Gasteiger partial charge in [0.1, 0.15) is 0 Å². The monoisotopic (exact) mass is 381 g/mol. The zero-order valence-electron chi connectivity index (χ0n) is 15.9. The number of amides is 1. The van der Waals surface area contributed by atoms with Gasteiger partial charge in [-0.15, -0.1) is 0 Å². The number of nitrogens with zero attached hydrogens (tertiary/aromatic N) is 1. The van der Waals surface area contributed by atoms with Crippen LogP contribution in [0.4, 0.5) is 0 Å². The van der Waals surface area contributed by atoms with Crippen molar-refractivity contribution >= 4 is 11.9 Å². The largest absolute Gasteiger partial charge is 0.493 e. The first-order chi connectivity index (χ1) is 13.5. The van der Waals surface area contributed by atoms with E-state index in [1.165, 1.54) is 0 Å². The molecule has 6 heteroatoms. The molecule has 6 nitrogen and oxygen atoms in total. The first-order valence-corrected chi connectivity index (χ1v) is 9.38. The van der Waals surface area contributed by atoms with Gasteiger partial charge in [0.2, 0.25) is 5.91 Å². The van der Waals surface area contributed by atoms with Crippen LogP contribution >= 0.6 is 0 Å². The fraction of sp³-hybridized carbons (Fsp3) is 0.364. The van der Waals surface area contributed by atoms with Crippen molar-refractivity contribution in [3.8, 4) is 11.5 Å². The average Bonchev–Trinajstić information content (AvgIpc) is 3.53. The Kier molecular flexibility index (Phi) is 4.71. The Balaban J connectivity index is 1.77. The van der Waals surface area contributed by atoms with Crippen molar-refractivity contribution in [2.75, 3.05) is 20.8 Å². The molecule has 0 bridgehead atoms. The van der Waals surface area contributed by atoms with Gasteiger partial charge in [-0.3, -0.25) is 9.59 Å². The molecule has 0 radical (unpaired) electrons. The SMILES string of the molecule is COc1cc2c(cc1OC)C(c1ccccc1)N(C(=O)C1CC1C(=O)O)CC2. The van der Waals surface area contributed by atoms with Gasteiger partial charge in [0, 0.05) is 6.54 Å². The van der Waals surface area contributed by atoms with Gasteiger partial charge in [-0.1, -0.05) is 30.3 Å². The van der Waals surface area contributed by atoms with Crippen molar-refractivity contribution in [1.82, 2.24) is 4.90 Å². The fourth-order valence-electron chi connectivity index (χ4n) is 4.13. The average molecular weight is 381 g/mol. The lowest BCUT2D eigenvalue weighted by atomic mass is 9.87. The third-order valence-corrected chi connectivity index (χ3v) is 5.70. The van der Waals surface area contributed by atoms with Crippen LogP contribution in [-0.4, -0.2) is 42.6 Å². The number of carbonyl (C=O) groups is 2. The molecule has 2 aromatic carbocycles. The molecule has 1 heterocycles. The summed E-state index contributed by atoms with van der Waals surface area (Å²) in [4.78, 5) is 26.2. The van der Waals surface area contributed by atoms with Crippen LogP contribution in [0, 0.1) is 11.8 Å². The molecule has 146 valence electrons. The lowest BCUT2D eigenvalue weighted by Crippen LogP contribution is -2.42. The molecule has 1 amide bonds. The highest BCUT2D eigenvalue weighted by Crippen LogP contribution is 2.45. The van der Waals surface area contributed by atoms with Crippen molar-refractivity contribution in [3.05, 3.63) is 59.2 Å². The van der Waals surface area contributed by atoms with Crippen LogP contribution in [0.5, 0.6) is 11.5 Å². The Morgan fingerprint density at radius 3 is 2.32 bits per heavy atom. The molecule has 28 heavy (non-hydrogen) atoms. The Hall–Kier alpha value is -3.02. The zero-order valence-corrected chi connectivity index (χ0v) is 15.9. The first kappa shape index (κ1) is 18.3. The van der Waals surface area contributed by atoms with Crippen molar-refractivity contribution in [3.63, 3.8) is 0 Å². The molecule has 3 unspecified atom stereocenters. The number of hydrogen-bond donors (Lipinski definition) is 1. The maximum absolute atomic E-state index is 13.2. The third-order valence-electron chi connectivity index (χ3n) is 5.70. The Morgan fingerprint density at radius 2 is 1.71 bits per heavy atom. The van der Waals surface area contributed by atoms with Crippen molar-refractivity contribution in [1.29, 1.82) is 0 Å². The number of methoxy groups -OCH3 is 2. The van der Waals surface area contributed by atoms with Crippen LogP contribution in [0.1, 0.15) is 29.2 Å². The fourth-order valence-corrected chi connectivity index (χ4v) is 4.13. The van der Waals surface area contributed by atoms with Gasteiger partial charge in [0.05, 0.1) is 32.1 Å². The summed E-state index contributed by atoms with van der Waals surface area (Å²) in [6.07, 6.45) is 1.11. The van der Waals surface area contributed by atoms with E-state index in [-0.39, 0.29) is 11.9 Å². The Morgan fingerprint density at radius 1 is 1.04 bits per heavy atom. The topological polar surface area (TPSA) is 76.1 Å². The van der Waals surface area contributed by atoms with Crippen LogP contribution in [0.15, 0.2) is 42.5 Å². The van der Waals surface area contributed by atoms with Gasteiger partial charge in [0.25, 0.3) is 0 Å². The second-order valence-electron chi connectivity index (χ2n) is 7.29. The summed E-state index contributed by atoms with van der Waals surface area (Å²) in [5.41, 5.74) is 3.11. The van der Waals surface area contributed by atoms with E-state index in [0.717, 1.165) is 16.7 Å². The lowest BCUT2D eigenvalue weighted by Gasteiger charge is -2.38. The summed E-state index contributed by atoms with van der Waals surface area (Å²) in [5, 5.41) is 9.24. The van der Waals surface area contributed by atoms with Gasteiger partial charge in [-0.25, -0.2) is 0 Å². The minimum atomic E-state index is -0.890. The second kappa shape index (κ2) is 7.19. The summed E-state index contributed by atoms with van der Waals surface area (Å²) < 4.78 is 10.9. The van der Waals surface area contributed by atoms with E-state index in [2.05, 4.69) is 0 Å². The van der Waals surface area contributed by atoms with Crippen LogP contribution in [0.25, 0.3) is 0 Å². The summed E-state index contributed by atoms with van der Waals surface area (Å²) >= 11 is 0. The number of hydrogen-bond acceptors (Lipinski definition) is 4. The molecular formula is C22H23NO5. The predicted molar refractivity (Wildman–Crippen MR) is 102 cm³/mol. The van der Waals surface area contributed by atoms with E-state index in [0.29, 0.717) is 30.9 Å². The number of benzene rings is 2. The van der Waals surface area contributed by atoms with E-state index in [9.17, 15) is 14.7 Å². The molecule has 4 rings (SSSR count). The molecule has 1 aliphatic carbocycles. The van der Waals surface area contributed by atoms with E-state index in [1.54, 1.807) is 14.2 Å². The van der Waals surface area contributed by atoms with E-state index >= 15 is 0 Å². The number of ether oxygens (including phenoxy) is 2. The molecule has 2 aliphatic rings. The van der Waals surface area contributed by atoms with Gasteiger partial charge < -0.3 is 19.5 Å². The number of rotatable bonds is 5. The lowest BCUT2D eigenvalue weighted by molar-refractivity contribution is -0.142. The molecule has 1 N–H and O–H groups in total. The highest BCUT2D eigenvalue weighted by molar-refractivity contribution is 5.90. The normalized spacial score (nSPS) is 22.9. The third kappa shape index (κ3) is 3.09. The Labute approximate surface area is 163 Å². The molecular weight excluding hydrogens is 358 g/mol. The second-order valence-corrected chi connectivity index (χ2v) is 7.29. The molecule has 0 aromatic heterocycles. The molecule has 1 saturated carbocycles. The summed E-state index contributed by atoms with van der Waals surface area (Å²) in [5.74, 6) is -0.673. The van der Waals surface area contributed by atoms with E-state index < -0.39 is 17.8 Å². The quantitative estimate of drug-likeness (QED) is 0.862. The highest BCUT2D eigenvalue weighted by Gasteiger charge is 2.51. The number of aliphatic carboxylic acids is 1. The van der Waals surface area contributed by atoms with Crippen LogP contribution < -0.4 is 9.47 Å². The van der Waals surface area contributed by atoms with Crippen molar-refractivity contribution < 1.29 is 24.2 Å². The molecule has 2 aromatic rings. The molecule has 1 aliphatic heterocycles. The van der Waals surface area contributed by atoms with Gasteiger partial charge >= 0.3 is 5.97 Å². The van der Waals surface area contributed by atoms with Crippen LogP contribution in [-0.2, 0) is 16.0 Å². The van der Waals surface area contributed by atoms with Gasteiger partial charge in [-0.2, -0.15) is 0 Å². The maximum atomic E-state index is 13.2. The smallest absolute Gasteiger partial charge is 0.307 e. The molecule has 3 atom stereocenters. The minimum Gasteiger partial charge on any atom is -0.493 e. The van der Waals surface area contributed by atoms with Crippen molar-refractivity contribution in [2.45, 2.75) is 18.9 Å². The predicted octanol–water partition coefficient (Wildman–Crippen LogP) is 2.90. The molecule has 0 saturated heterocycles. The first-order valence-electron chi connectivity index (χ1n) is 9.38. The van der Waals surface area contributed by atoms with Gasteiger partial charge in [0.15, 0.2) is 11.5 Å². The zero-order chi connectivity index (χ0) is 19.8. The number of fused-ring (bicyclic) bond motifs is 1.